The van der Waals surface area contributed by atoms with Crippen LogP contribution < -0.4 is 0 Å². The lowest BCUT2D eigenvalue weighted by Crippen LogP contribution is -2.58. The number of rotatable bonds is 1. The summed E-state index contributed by atoms with van der Waals surface area (Å²) in [6.07, 6.45) is 15.7. The van der Waals surface area contributed by atoms with Crippen LogP contribution in [0.25, 0.3) is 0 Å². The number of hydrogen-bond acceptors (Lipinski definition) is 2. The van der Waals surface area contributed by atoms with Crippen molar-refractivity contribution in [1.29, 1.82) is 0 Å². The monoisotopic (exact) mass is 456 g/mol. The van der Waals surface area contributed by atoms with Gasteiger partial charge in [-0.25, -0.2) is 0 Å². The molecule has 4 saturated carbocycles. The molecule has 0 aromatic carbocycles. The summed E-state index contributed by atoms with van der Waals surface area (Å²) in [6.45, 7) is 17.7. The first-order valence-electron chi connectivity index (χ1n) is 14.2. The summed E-state index contributed by atoms with van der Waals surface area (Å²) in [5.74, 6) is 2.91. The highest BCUT2D eigenvalue weighted by atomic mass is 16.5. The number of methoxy groups -OCH3 is 1. The Balaban J connectivity index is 1.49. The van der Waals surface area contributed by atoms with Crippen LogP contribution in [0.15, 0.2) is 11.6 Å². The Bertz CT molecular complexity index is 810. The maximum Gasteiger partial charge on any atom is 0.0625 e. The van der Waals surface area contributed by atoms with E-state index < -0.39 is 0 Å². The van der Waals surface area contributed by atoms with Gasteiger partial charge in [-0.3, -0.25) is 0 Å². The number of aliphatic hydroxyl groups excluding tert-OH is 1. The lowest BCUT2D eigenvalue weighted by atomic mass is 9.42. The number of hydrogen-bond donors (Lipinski definition) is 1. The van der Waals surface area contributed by atoms with Crippen LogP contribution >= 0.6 is 0 Å². The first kappa shape index (κ1) is 24.4. The van der Waals surface area contributed by atoms with Crippen LogP contribution in [0.5, 0.6) is 0 Å². The molecule has 0 aromatic heterocycles. The molecular weight excluding hydrogens is 404 g/mol. The smallest absolute Gasteiger partial charge is 0.0625 e. The zero-order chi connectivity index (χ0) is 24.0. The van der Waals surface area contributed by atoms with Crippen LogP contribution in [0, 0.1) is 50.7 Å². The Morgan fingerprint density at radius 1 is 0.758 bits per heavy atom. The van der Waals surface area contributed by atoms with E-state index in [0.29, 0.717) is 28.3 Å². The zero-order valence-electron chi connectivity index (χ0n) is 23.0. The summed E-state index contributed by atoms with van der Waals surface area (Å²) < 4.78 is 6.03. The molecule has 0 heterocycles. The zero-order valence-corrected chi connectivity index (χ0v) is 23.0. The van der Waals surface area contributed by atoms with Crippen LogP contribution in [-0.4, -0.2) is 24.4 Å². The van der Waals surface area contributed by atoms with Crippen molar-refractivity contribution in [3.05, 3.63) is 11.6 Å². The number of aliphatic hydroxyl groups is 1. The van der Waals surface area contributed by atoms with Gasteiger partial charge < -0.3 is 9.84 Å². The molecule has 5 aliphatic rings. The maximum atomic E-state index is 10.9. The SMILES string of the molecule is CO[C@H]1CC[C@]2(C)[C@H](CC[C@@]3(C)CC4=CC[C@@H]5C(C)(C)[C@H](O)CC[C@]5(C)[C@@H]4CC[C@@H]32)C1(C)C. The van der Waals surface area contributed by atoms with E-state index >= 15 is 0 Å². The van der Waals surface area contributed by atoms with Gasteiger partial charge >= 0.3 is 0 Å². The van der Waals surface area contributed by atoms with E-state index in [-0.39, 0.29) is 16.9 Å². The second-order valence-corrected chi connectivity index (χ2v) is 15.1. The summed E-state index contributed by atoms with van der Waals surface area (Å²) in [5, 5.41) is 10.9. The Kier molecular flexibility index (Phi) is 5.60. The van der Waals surface area contributed by atoms with Gasteiger partial charge in [-0.1, -0.05) is 60.1 Å². The van der Waals surface area contributed by atoms with E-state index in [4.69, 9.17) is 4.74 Å². The average Bonchev–Trinajstić information content (AvgIpc) is 2.88. The molecule has 33 heavy (non-hydrogen) atoms. The molecule has 1 N–H and O–H groups in total. The lowest BCUT2D eigenvalue weighted by Gasteiger charge is -2.64. The molecule has 2 nitrogen and oxygen atoms in total. The molecule has 2 heteroatoms. The number of fused-ring (bicyclic) bond motifs is 6. The van der Waals surface area contributed by atoms with Gasteiger partial charge in [0.15, 0.2) is 0 Å². The minimum absolute atomic E-state index is 0.0254. The van der Waals surface area contributed by atoms with Crippen molar-refractivity contribution in [2.45, 2.75) is 125 Å². The lowest BCUT2D eigenvalue weighted by molar-refractivity contribution is -0.178. The van der Waals surface area contributed by atoms with Gasteiger partial charge in [-0.05, 0) is 115 Å². The summed E-state index contributed by atoms with van der Waals surface area (Å²) >= 11 is 0. The standard InChI is InChI=1S/C31H52O2/c1-27(2)22-11-9-20-19-29(5)16-13-23-28(3,4)26(33-8)15-18-31(23,7)24(29)12-10-21(20)30(22,6)17-14-25(27)32/h9,21-26,32H,10-19H2,1-8H3/t21-,22-,23-,24+,25-,26+,29+,30-,31-/m1/s1. The van der Waals surface area contributed by atoms with Crippen molar-refractivity contribution >= 4 is 0 Å². The van der Waals surface area contributed by atoms with Crippen LogP contribution in [0.4, 0.5) is 0 Å². The van der Waals surface area contributed by atoms with Crippen LogP contribution in [0.3, 0.4) is 0 Å². The van der Waals surface area contributed by atoms with Gasteiger partial charge in [0.05, 0.1) is 12.2 Å². The molecule has 9 atom stereocenters. The minimum atomic E-state index is -0.144. The molecule has 0 radical (unpaired) electrons. The highest BCUT2D eigenvalue weighted by Crippen LogP contribution is 2.70. The second-order valence-electron chi connectivity index (χ2n) is 15.1. The topological polar surface area (TPSA) is 29.5 Å². The third kappa shape index (κ3) is 3.24. The molecule has 0 amide bonds. The number of allylic oxidation sites excluding steroid dienone is 2. The predicted octanol–water partition coefficient (Wildman–Crippen LogP) is 7.79. The molecule has 5 aliphatic carbocycles. The van der Waals surface area contributed by atoms with Crippen molar-refractivity contribution in [3.63, 3.8) is 0 Å². The number of ether oxygens (including phenoxy) is 1. The highest BCUT2D eigenvalue weighted by molar-refractivity contribution is 5.25. The molecule has 188 valence electrons. The Morgan fingerprint density at radius 3 is 2.15 bits per heavy atom. The van der Waals surface area contributed by atoms with Crippen molar-refractivity contribution in [3.8, 4) is 0 Å². The molecule has 0 aliphatic heterocycles. The van der Waals surface area contributed by atoms with Crippen LogP contribution in [0.2, 0.25) is 0 Å². The van der Waals surface area contributed by atoms with Gasteiger partial charge in [0.1, 0.15) is 0 Å². The van der Waals surface area contributed by atoms with Crippen molar-refractivity contribution in [2.24, 2.45) is 50.7 Å². The Morgan fingerprint density at radius 2 is 1.45 bits per heavy atom. The highest BCUT2D eigenvalue weighted by Gasteiger charge is 2.63. The van der Waals surface area contributed by atoms with E-state index in [0.717, 1.165) is 24.2 Å². The molecule has 0 bridgehead atoms. The van der Waals surface area contributed by atoms with Gasteiger partial charge in [0.2, 0.25) is 0 Å². The van der Waals surface area contributed by atoms with Gasteiger partial charge in [-0.2, -0.15) is 0 Å². The van der Waals surface area contributed by atoms with E-state index in [9.17, 15) is 5.11 Å². The average molecular weight is 457 g/mol. The molecule has 0 aromatic rings. The van der Waals surface area contributed by atoms with Crippen molar-refractivity contribution in [2.75, 3.05) is 7.11 Å². The molecule has 0 spiro atoms. The van der Waals surface area contributed by atoms with E-state index in [2.05, 4.69) is 54.5 Å². The van der Waals surface area contributed by atoms with Gasteiger partial charge in [0, 0.05) is 7.11 Å². The quantitative estimate of drug-likeness (QED) is 0.408. The van der Waals surface area contributed by atoms with E-state index in [1.54, 1.807) is 5.57 Å². The van der Waals surface area contributed by atoms with Crippen molar-refractivity contribution in [1.82, 2.24) is 0 Å². The first-order valence-corrected chi connectivity index (χ1v) is 14.2. The Hall–Kier alpha value is -0.340. The largest absolute Gasteiger partial charge is 0.393 e. The summed E-state index contributed by atoms with van der Waals surface area (Å²) in [5.41, 5.74) is 3.32. The predicted molar refractivity (Wildman–Crippen MR) is 137 cm³/mol. The van der Waals surface area contributed by atoms with Crippen LogP contribution in [-0.2, 0) is 4.74 Å². The fraction of sp³-hybridized carbons (Fsp3) is 0.935. The van der Waals surface area contributed by atoms with E-state index in [1.807, 2.05) is 7.11 Å². The minimum Gasteiger partial charge on any atom is -0.393 e. The third-order valence-corrected chi connectivity index (χ3v) is 13.1. The van der Waals surface area contributed by atoms with Crippen molar-refractivity contribution < 1.29 is 9.84 Å². The molecular formula is C31H52O2. The maximum absolute atomic E-state index is 10.9. The summed E-state index contributed by atoms with van der Waals surface area (Å²) in [4.78, 5) is 0. The summed E-state index contributed by atoms with van der Waals surface area (Å²) in [6, 6.07) is 0. The molecule has 0 unspecified atom stereocenters. The Labute approximate surface area is 204 Å². The first-order chi connectivity index (χ1) is 15.3. The normalized spacial score (nSPS) is 52.9. The molecule has 4 fully saturated rings. The van der Waals surface area contributed by atoms with Gasteiger partial charge in [0.25, 0.3) is 0 Å². The molecule has 5 rings (SSSR count). The fourth-order valence-electron chi connectivity index (χ4n) is 11.3. The third-order valence-electron chi connectivity index (χ3n) is 13.1. The van der Waals surface area contributed by atoms with E-state index in [1.165, 1.54) is 57.8 Å². The fourth-order valence-corrected chi connectivity index (χ4v) is 11.3. The summed E-state index contributed by atoms with van der Waals surface area (Å²) in [7, 11) is 1.94. The molecule has 0 saturated heterocycles. The second kappa shape index (κ2) is 7.58. The van der Waals surface area contributed by atoms with Crippen LogP contribution in [0.1, 0.15) is 113 Å². The van der Waals surface area contributed by atoms with Gasteiger partial charge in [-0.15, -0.1) is 0 Å².